The van der Waals surface area contributed by atoms with Gasteiger partial charge in [0.2, 0.25) is 0 Å². The number of carbonyl (C=O) groups excluding carboxylic acids is 1. The Kier molecular flexibility index (Phi) is 3.47. The highest BCUT2D eigenvalue weighted by atomic mass is 35.5. The average Bonchev–Trinajstić information content (AvgIpc) is 2.84. The summed E-state index contributed by atoms with van der Waals surface area (Å²) in [5, 5.41) is 6.87. The zero-order valence-corrected chi connectivity index (χ0v) is 11.9. The van der Waals surface area contributed by atoms with Gasteiger partial charge < -0.3 is 0 Å². The molecule has 2 aromatic carbocycles. The standard InChI is InChI=1S/C15H10Cl2N2O/c16-10-6-7-13(17)12(8-10)14-9-15(20)19(18-14)11-4-2-1-3-5-11/h1-8H,9H2. The topological polar surface area (TPSA) is 32.7 Å². The minimum absolute atomic E-state index is 0.0813. The fourth-order valence-corrected chi connectivity index (χ4v) is 2.47. The fourth-order valence-electron chi connectivity index (χ4n) is 2.07. The fraction of sp³-hybridized carbons (Fsp3) is 0.0667. The lowest BCUT2D eigenvalue weighted by Gasteiger charge is -2.10. The highest BCUT2D eigenvalue weighted by molar-refractivity contribution is 6.37. The maximum Gasteiger partial charge on any atom is 0.253 e. The van der Waals surface area contributed by atoms with Crippen molar-refractivity contribution < 1.29 is 4.79 Å². The molecule has 0 saturated carbocycles. The quantitative estimate of drug-likeness (QED) is 0.821. The number of anilines is 1. The van der Waals surface area contributed by atoms with Crippen LogP contribution in [0.1, 0.15) is 12.0 Å². The SMILES string of the molecule is O=C1CC(c2cc(Cl)ccc2Cl)=NN1c1ccccc1. The Morgan fingerprint density at radius 3 is 2.55 bits per heavy atom. The summed E-state index contributed by atoms with van der Waals surface area (Å²) >= 11 is 12.1. The van der Waals surface area contributed by atoms with E-state index in [2.05, 4.69) is 5.10 Å². The predicted octanol–water partition coefficient (Wildman–Crippen LogP) is 4.13. The van der Waals surface area contributed by atoms with Crippen LogP contribution in [0.4, 0.5) is 5.69 Å². The van der Waals surface area contributed by atoms with Gasteiger partial charge in [-0.2, -0.15) is 5.10 Å². The van der Waals surface area contributed by atoms with Crippen LogP contribution in [0, 0.1) is 0 Å². The third-order valence-electron chi connectivity index (χ3n) is 3.02. The lowest BCUT2D eigenvalue weighted by atomic mass is 10.1. The summed E-state index contributed by atoms with van der Waals surface area (Å²) < 4.78 is 0. The molecular formula is C15H10Cl2N2O. The summed E-state index contributed by atoms with van der Waals surface area (Å²) in [6.07, 6.45) is 0.217. The van der Waals surface area contributed by atoms with E-state index >= 15 is 0 Å². The summed E-state index contributed by atoms with van der Waals surface area (Å²) in [7, 11) is 0. The molecule has 100 valence electrons. The van der Waals surface area contributed by atoms with E-state index < -0.39 is 0 Å². The molecule has 0 bridgehead atoms. The van der Waals surface area contributed by atoms with E-state index in [9.17, 15) is 4.79 Å². The predicted molar refractivity (Wildman–Crippen MR) is 81.5 cm³/mol. The molecule has 0 unspecified atom stereocenters. The number of nitrogens with zero attached hydrogens (tertiary/aromatic N) is 2. The Morgan fingerprint density at radius 2 is 1.80 bits per heavy atom. The van der Waals surface area contributed by atoms with Gasteiger partial charge in [-0.3, -0.25) is 4.79 Å². The van der Waals surface area contributed by atoms with E-state index in [-0.39, 0.29) is 12.3 Å². The number of para-hydroxylation sites is 1. The van der Waals surface area contributed by atoms with Crippen molar-refractivity contribution in [1.29, 1.82) is 0 Å². The van der Waals surface area contributed by atoms with Crippen LogP contribution in [0.2, 0.25) is 10.0 Å². The van der Waals surface area contributed by atoms with Crippen LogP contribution in [0.5, 0.6) is 0 Å². The number of carbonyl (C=O) groups is 1. The number of halogens is 2. The van der Waals surface area contributed by atoms with E-state index in [1.807, 2.05) is 30.3 Å². The Balaban J connectivity index is 2.00. The molecule has 0 spiro atoms. The first-order valence-corrected chi connectivity index (χ1v) is 6.81. The second-order valence-electron chi connectivity index (χ2n) is 4.39. The maximum atomic E-state index is 12.1. The molecule has 2 aromatic rings. The maximum absolute atomic E-state index is 12.1. The summed E-state index contributed by atoms with van der Waals surface area (Å²) in [6, 6.07) is 14.4. The minimum atomic E-state index is -0.0813. The number of amides is 1. The molecule has 0 aliphatic carbocycles. The molecule has 0 radical (unpaired) electrons. The van der Waals surface area contributed by atoms with Crippen molar-refractivity contribution in [1.82, 2.24) is 0 Å². The van der Waals surface area contributed by atoms with Gasteiger partial charge in [-0.1, -0.05) is 41.4 Å². The van der Waals surface area contributed by atoms with Crippen LogP contribution in [0.25, 0.3) is 0 Å². The number of rotatable bonds is 2. The normalized spacial score (nSPS) is 14.6. The van der Waals surface area contributed by atoms with Crippen molar-refractivity contribution in [2.24, 2.45) is 5.10 Å². The van der Waals surface area contributed by atoms with Crippen LogP contribution in [-0.4, -0.2) is 11.6 Å². The van der Waals surface area contributed by atoms with Crippen LogP contribution >= 0.6 is 23.2 Å². The van der Waals surface area contributed by atoms with Gasteiger partial charge in [0.1, 0.15) is 0 Å². The molecule has 1 amide bonds. The smallest absolute Gasteiger partial charge is 0.253 e. The van der Waals surface area contributed by atoms with Gasteiger partial charge in [-0.25, -0.2) is 5.01 Å². The zero-order valence-electron chi connectivity index (χ0n) is 10.4. The van der Waals surface area contributed by atoms with E-state index in [0.717, 1.165) is 5.69 Å². The molecule has 0 N–H and O–H groups in total. The average molecular weight is 305 g/mol. The molecule has 3 rings (SSSR count). The largest absolute Gasteiger partial charge is 0.272 e. The van der Waals surface area contributed by atoms with Gasteiger partial charge >= 0.3 is 0 Å². The third kappa shape index (κ3) is 2.42. The van der Waals surface area contributed by atoms with E-state index in [0.29, 0.717) is 21.3 Å². The van der Waals surface area contributed by atoms with Crippen molar-refractivity contribution in [2.75, 3.05) is 5.01 Å². The monoisotopic (exact) mass is 304 g/mol. The molecule has 1 heterocycles. The minimum Gasteiger partial charge on any atom is -0.272 e. The van der Waals surface area contributed by atoms with Crippen molar-refractivity contribution in [3.05, 3.63) is 64.1 Å². The molecule has 5 heteroatoms. The highest BCUT2D eigenvalue weighted by Crippen LogP contribution is 2.27. The second-order valence-corrected chi connectivity index (χ2v) is 5.23. The molecule has 20 heavy (non-hydrogen) atoms. The number of hydrogen-bond acceptors (Lipinski definition) is 2. The van der Waals surface area contributed by atoms with Gasteiger partial charge in [0.15, 0.2) is 0 Å². The summed E-state index contributed by atoms with van der Waals surface area (Å²) in [4.78, 5) is 12.1. The van der Waals surface area contributed by atoms with E-state index in [1.54, 1.807) is 18.2 Å². The van der Waals surface area contributed by atoms with Gasteiger partial charge in [-0.05, 0) is 30.3 Å². The van der Waals surface area contributed by atoms with Gasteiger partial charge in [0.25, 0.3) is 5.91 Å². The molecular weight excluding hydrogens is 295 g/mol. The number of benzene rings is 2. The lowest BCUT2D eigenvalue weighted by Crippen LogP contribution is -2.19. The van der Waals surface area contributed by atoms with Crippen molar-refractivity contribution >= 4 is 40.5 Å². The van der Waals surface area contributed by atoms with E-state index in [4.69, 9.17) is 23.2 Å². The first kappa shape index (κ1) is 13.2. The Hall–Kier alpha value is -1.84. The summed E-state index contributed by atoms with van der Waals surface area (Å²) in [5.74, 6) is -0.0813. The molecule has 0 atom stereocenters. The first-order valence-electron chi connectivity index (χ1n) is 6.06. The molecule has 0 aromatic heterocycles. The highest BCUT2D eigenvalue weighted by Gasteiger charge is 2.27. The second kappa shape index (κ2) is 5.27. The van der Waals surface area contributed by atoms with Crippen LogP contribution in [0.3, 0.4) is 0 Å². The van der Waals surface area contributed by atoms with Gasteiger partial charge in [0, 0.05) is 15.6 Å². The van der Waals surface area contributed by atoms with E-state index in [1.165, 1.54) is 5.01 Å². The van der Waals surface area contributed by atoms with Gasteiger partial charge in [0.05, 0.1) is 17.8 Å². The molecule has 0 fully saturated rings. The van der Waals surface area contributed by atoms with Crippen molar-refractivity contribution in [2.45, 2.75) is 6.42 Å². The first-order chi connectivity index (χ1) is 9.65. The number of hydrazone groups is 1. The van der Waals surface area contributed by atoms with Crippen LogP contribution in [-0.2, 0) is 4.79 Å². The third-order valence-corrected chi connectivity index (χ3v) is 3.58. The molecule has 1 aliphatic heterocycles. The molecule has 3 nitrogen and oxygen atoms in total. The van der Waals surface area contributed by atoms with Crippen molar-refractivity contribution in [3.8, 4) is 0 Å². The summed E-state index contributed by atoms with van der Waals surface area (Å²) in [5.41, 5.74) is 2.07. The summed E-state index contributed by atoms with van der Waals surface area (Å²) in [6.45, 7) is 0. The Bertz CT molecular complexity index is 698. The zero-order chi connectivity index (χ0) is 14.1. The van der Waals surface area contributed by atoms with Crippen molar-refractivity contribution in [3.63, 3.8) is 0 Å². The molecule has 1 aliphatic rings. The van der Waals surface area contributed by atoms with Gasteiger partial charge in [-0.15, -0.1) is 0 Å². The Morgan fingerprint density at radius 1 is 1.05 bits per heavy atom. The van der Waals surface area contributed by atoms with Crippen LogP contribution < -0.4 is 5.01 Å². The number of hydrogen-bond donors (Lipinski definition) is 0. The Labute approximate surface area is 126 Å². The molecule has 0 saturated heterocycles. The lowest BCUT2D eigenvalue weighted by molar-refractivity contribution is -0.116. The van der Waals surface area contributed by atoms with Crippen LogP contribution in [0.15, 0.2) is 53.6 Å².